The molecule has 24 heavy (non-hydrogen) atoms. The highest BCUT2D eigenvalue weighted by Gasteiger charge is 2.18. The maximum Gasteiger partial charge on any atom is 0.311 e. The van der Waals surface area contributed by atoms with Crippen molar-refractivity contribution >= 4 is 17.6 Å². The van der Waals surface area contributed by atoms with Gasteiger partial charge in [-0.2, -0.15) is 5.26 Å². The van der Waals surface area contributed by atoms with E-state index >= 15 is 0 Å². The van der Waals surface area contributed by atoms with Crippen molar-refractivity contribution in [3.63, 3.8) is 0 Å². The smallest absolute Gasteiger partial charge is 0.311 e. The van der Waals surface area contributed by atoms with Crippen LogP contribution < -0.4 is 5.32 Å². The minimum absolute atomic E-state index is 0.0469. The molecule has 1 amide bonds. The van der Waals surface area contributed by atoms with Crippen LogP contribution in [-0.2, 0) is 20.7 Å². The van der Waals surface area contributed by atoms with Gasteiger partial charge in [0.1, 0.15) is 5.82 Å². The third-order valence-electron chi connectivity index (χ3n) is 3.22. The number of nitriles is 1. The van der Waals surface area contributed by atoms with Gasteiger partial charge in [0.15, 0.2) is 6.10 Å². The summed E-state index contributed by atoms with van der Waals surface area (Å²) in [5.74, 6) is -1.45. The van der Waals surface area contributed by atoms with Crippen LogP contribution >= 0.6 is 0 Å². The van der Waals surface area contributed by atoms with Crippen molar-refractivity contribution < 1.29 is 18.7 Å². The normalized spacial score (nSPS) is 11.2. The largest absolute Gasteiger partial charge is 0.452 e. The van der Waals surface area contributed by atoms with Crippen LogP contribution in [0.5, 0.6) is 0 Å². The quantitative estimate of drug-likeness (QED) is 0.857. The van der Waals surface area contributed by atoms with Crippen LogP contribution in [0.4, 0.5) is 10.1 Å². The molecule has 0 saturated heterocycles. The second-order valence-electron chi connectivity index (χ2n) is 5.11. The van der Waals surface area contributed by atoms with Gasteiger partial charge in [-0.3, -0.25) is 9.59 Å². The topological polar surface area (TPSA) is 79.2 Å². The number of amides is 1. The van der Waals surface area contributed by atoms with E-state index in [1.54, 1.807) is 24.3 Å². The van der Waals surface area contributed by atoms with E-state index < -0.39 is 18.0 Å². The molecule has 0 aliphatic carbocycles. The van der Waals surface area contributed by atoms with Gasteiger partial charge in [-0.25, -0.2) is 4.39 Å². The summed E-state index contributed by atoms with van der Waals surface area (Å²) < 4.78 is 17.9. The molecule has 0 saturated carbocycles. The highest BCUT2D eigenvalue weighted by Crippen LogP contribution is 2.10. The number of esters is 1. The van der Waals surface area contributed by atoms with E-state index in [-0.39, 0.29) is 12.2 Å². The third kappa shape index (κ3) is 4.92. The molecule has 0 aliphatic rings. The van der Waals surface area contributed by atoms with Crippen molar-refractivity contribution in [2.75, 3.05) is 5.32 Å². The van der Waals surface area contributed by atoms with Gasteiger partial charge in [0.25, 0.3) is 5.91 Å². The number of hydrogen-bond acceptors (Lipinski definition) is 4. The van der Waals surface area contributed by atoms with Gasteiger partial charge in [0.05, 0.1) is 18.1 Å². The van der Waals surface area contributed by atoms with Crippen LogP contribution in [0.15, 0.2) is 48.5 Å². The molecule has 0 aromatic heterocycles. The van der Waals surface area contributed by atoms with Gasteiger partial charge in [-0.15, -0.1) is 0 Å². The van der Waals surface area contributed by atoms with Gasteiger partial charge in [0, 0.05) is 5.69 Å². The highest BCUT2D eigenvalue weighted by molar-refractivity contribution is 5.95. The Kier molecular flexibility index (Phi) is 5.63. The summed E-state index contributed by atoms with van der Waals surface area (Å²) in [6, 6.07) is 13.8. The Morgan fingerprint density at radius 1 is 1.17 bits per heavy atom. The number of carbonyl (C=O) groups excluding carboxylic acids is 2. The Morgan fingerprint density at radius 3 is 2.38 bits per heavy atom. The summed E-state index contributed by atoms with van der Waals surface area (Å²) in [6.07, 6.45) is -1.03. The lowest BCUT2D eigenvalue weighted by Gasteiger charge is -2.13. The summed E-state index contributed by atoms with van der Waals surface area (Å²) in [6.45, 7) is 1.46. The Hall–Kier alpha value is -3.20. The Balaban J connectivity index is 1.87. The zero-order chi connectivity index (χ0) is 17.5. The second-order valence-corrected chi connectivity index (χ2v) is 5.11. The third-order valence-corrected chi connectivity index (χ3v) is 3.22. The highest BCUT2D eigenvalue weighted by atomic mass is 19.1. The molecule has 0 fully saturated rings. The minimum Gasteiger partial charge on any atom is -0.452 e. The van der Waals surface area contributed by atoms with Crippen molar-refractivity contribution in [2.45, 2.75) is 19.4 Å². The Bertz CT molecular complexity index is 764. The van der Waals surface area contributed by atoms with E-state index in [0.29, 0.717) is 16.8 Å². The number of hydrogen-bond donors (Lipinski definition) is 1. The molecule has 5 nitrogen and oxygen atoms in total. The van der Waals surface area contributed by atoms with Crippen molar-refractivity contribution in [1.82, 2.24) is 0 Å². The van der Waals surface area contributed by atoms with Gasteiger partial charge >= 0.3 is 5.97 Å². The number of rotatable bonds is 5. The van der Waals surface area contributed by atoms with E-state index in [1.165, 1.54) is 31.2 Å². The molecule has 1 N–H and O–H groups in total. The molecule has 6 heteroatoms. The Labute approximate surface area is 138 Å². The number of anilines is 1. The summed E-state index contributed by atoms with van der Waals surface area (Å²) in [4.78, 5) is 23.8. The number of benzene rings is 2. The molecule has 2 aromatic carbocycles. The molecule has 0 heterocycles. The predicted molar refractivity (Wildman–Crippen MR) is 85.4 cm³/mol. The van der Waals surface area contributed by atoms with Crippen LogP contribution in [0.1, 0.15) is 18.1 Å². The molecule has 1 atom stereocenters. The fourth-order valence-corrected chi connectivity index (χ4v) is 1.93. The molecule has 2 aromatic rings. The molecular weight excluding hydrogens is 311 g/mol. The molecule has 0 unspecified atom stereocenters. The zero-order valence-electron chi connectivity index (χ0n) is 13.0. The maximum absolute atomic E-state index is 12.8. The molecule has 0 radical (unpaired) electrons. The number of halogens is 1. The first kappa shape index (κ1) is 17.2. The van der Waals surface area contributed by atoms with Crippen LogP contribution in [0.3, 0.4) is 0 Å². The van der Waals surface area contributed by atoms with Gasteiger partial charge in [-0.1, -0.05) is 12.1 Å². The SMILES string of the molecule is C[C@H](OC(=O)Cc1ccc(F)cc1)C(=O)Nc1ccc(C#N)cc1. The zero-order valence-corrected chi connectivity index (χ0v) is 13.0. The van der Waals surface area contributed by atoms with Crippen molar-refractivity contribution in [3.8, 4) is 6.07 Å². The van der Waals surface area contributed by atoms with Crippen molar-refractivity contribution in [2.24, 2.45) is 0 Å². The second kappa shape index (κ2) is 7.88. The molecular formula is C18H15FN2O3. The van der Waals surface area contributed by atoms with E-state index in [4.69, 9.17) is 10.00 Å². The lowest BCUT2D eigenvalue weighted by atomic mass is 10.1. The van der Waals surface area contributed by atoms with Crippen LogP contribution in [0.2, 0.25) is 0 Å². The van der Waals surface area contributed by atoms with Gasteiger partial charge in [-0.05, 0) is 48.9 Å². The fourth-order valence-electron chi connectivity index (χ4n) is 1.93. The number of carbonyl (C=O) groups is 2. The maximum atomic E-state index is 12.8. The first-order chi connectivity index (χ1) is 11.5. The fraction of sp³-hybridized carbons (Fsp3) is 0.167. The van der Waals surface area contributed by atoms with Gasteiger partial charge < -0.3 is 10.1 Å². The average molecular weight is 326 g/mol. The molecule has 122 valence electrons. The summed E-state index contributed by atoms with van der Waals surface area (Å²) in [5.41, 5.74) is 1.58. The van der Waals surface area contributed by atoms with Crippen molar-refractivity contribution in [3.05, 3.63) is 65.5 Å². The number of ether oxygens (including phenoxy) is 1. The molecule has 0 aliphatic heterocycles. The monoisotopic (exact) mass is 326 g/mol. The summed E-state index contributed by atoms with van der Waals surface area (Å²) >= 11 is 0. The standard InChI is InChI=1S/C18H15FN2O3/c1-12(18(23)21-16-8-4-14(11-20)5-9-16)24-17(22)10-13-2-6-15(19)7-3-13/h2-9,12H,10H2,1H3,(H,21,23)/t12-/m0/s1. The van der Waals surface area contributed by atoms with Crippen LogP contribution in [-0.4, -0.2) is 18.0 Å². The average Bonchev–Trinajstić information content (AvgIpc) is 2.57. The van der Waals surface area contributed by atoms with E-state index in [2.05, 4.69) is 5.32 Å². The molecule has 2 rings (SSSR count). The first-order valence-electron chi connectivity index (χ1n) is 7.23. The van der Waals surface area contributed by atoms with Crippen LogP contribution in [0, 0.1) is 17.1 Å². The molecule has 0 bridgehead atoms. The lowest BCUT2D eigenvalue weighted by molar-refractivity contribution is -0.152. The summed E-state index contributed by atoms with van der Waals surface area (Å²) in [7, 11) is 0. The van der Waals surface area contributed by atoms with E-state index in [9.17, 15) is 14.0 Å². The minimum atomic E-state index is -0.978. The first-order valence-corrected chi connectivity index (χ1v) is 7.23. The number of nitrogens with one attached hydrogen (secondary N) is 1. The Morgan fingerprint density at radius 2 is 1.79 bits per heavy atom. The lowest BCUT2D eigenvalue weighted by Crippen LogP contribution is -2.30. The van der Waals surface area contributed by atoms with E-state index in [0.717, 1.165) is 0 Å². The summed E-state index contributed by atoms with van der Waals surface area (Å²) in [5, 5.41) is 11.3. The predicted octanol–water partition coefficient (Wildman–Crippen LogP) is 2.81. The van der Waals surface area contributed by atoms with Crippen molar-refractivity contribution in [1.29, 1.82) is 5.26 Å². The molecule has 0 spiro atoms. The van der Waals surface area contributed by atoms with E-state index in [1.807, 2.05) is 6.07 Å². The van der Waals surface area contributed by atoms with Gasteiger partial charge in [0.2, 0.25) is 0 Å². The number of nitrogens with zero attached hydrogens (tertiary/aromatic N) is 1. The van der Waals surface area contributed by atoms with Crippen LogP contribution in [0.25, 0.3) is 0 Å².